The number of benzene rings is 2. The average Bonchev–Trinajstić information content (AvgIpc) is 2.39. The molecule has 0 bridgehead atoms. The predicted octanol–water partition coefficient (Wildman–Crippen LogP) is 3.49. The van der Waals surface area contributed by atoms with Gasteiger partial charge in [0.25, 0.3) is 0 Å². The van der Waals surface area contributed by atoms with Crippen molar-refractivity contribution in [3.05, 3.63) is 58.1 Å². The Morgan fingerprint density at radius 3 is 2.60 bits per heavy atom. The van der Waals surface area contributed by atoms with Crippen molar-refractivity contribution in [3.8, 4) is 0 Å². The molecule has 0 aliphatic carbocycles. The molecule has 0 saturated carbocycles. The van der Waals surface area contributed by atoms with Crippen LogP contribution in [0, 0.1) is 11.6 Å². The third kappa shape index (κ3) is 3.33. The Morgan fingerprint density at radius 1 is 1.20 bits per heavy atom. The van der Waals surface area contributed by atoms with Crippen molar-refractivity contribution in [3.63, 3.8) is 0 Å². The van der Waals surface area contributed by atoms with Crippen molar-refractivity contribution in [2.24, 2.45) is 0 Å². The van der Waals surface area contributed by atoms with Crippen LogP contribution in [0.25, 0.3) is 0 Å². The number of amides is 1. The van der Waals surface area contributed by atoms with E-state index in [9.17, 15) is 13.6 Å². The molecule has 0 aliphatic rings. The number of carbonyl (C=O) groups excluding carboxylic acids is 1. The maximum Gasteiger partial charge on any atom is 0.228 e. The van der Waals surface area contributed by atoms with E-state index >= 15 is 0 Å². The lowest BCUT2D eigenvalue weighted by atomic mass is 10.1. The summed E-state index contributed by atoms with van der Waals surface area (Å²) in [5.41, 5.74) is 6.77. The summed E-state index contributed by atoms with van der Waals surface area (Å²) in [6.45, 7) is 0. The van der Waals surface area contributed by atoms with E-state index in [1.165, 1.54) is 6.07 Å². The Balaban J connectivity index is 2.13. The minimum atomic E-state index is -0.833. The second-order valence-electron chi connectivity index (χ2n) is 4.17. The SMILES string of the molecule is Nc1ccccc1CC(=O)Nc1cc(Br)c(F)cc1F. The topological polar surface area (TPSA) is 55.1 Å². The fraction of sp³-hybridized carbons (Fsp3) is 0.0714. The van der Waals surface area contributed by atoms with Crippen molar-refractivity contribution < 1.29 is 13.6 Å². The number of nitrogens with two attached hydrogens (primary N) is 1. The number of halogens is 3. The number of carbonyl (C=O) groups is 1. The summed E-state index contributed by atoms with van der Waals surface area (Å²) < 4.78 is 26.7. The van der Waals surface area contributed by atoms with Gasteiger partial charge in [0.2, 0.25) is 5.91 Å². The summed E-state index contributed by atoms with van der Waals surface area (Å²) in [4.78, 5) is 11.8. The van der Waals surface area contributed by atoms with Gasteiger partial charge in [-0.2, -0.15) is 0 Å². The van der Waals surface area contributed by atoms with Crippen LogP contribution in [0.15, 0.2) is 40.9 Å². The van der Waals surface area contributed by atoms with E-state index in [0.717, 1.165) is 0 Å². The Morgan fingerprint density at radius 2 is 1.90 bits per heavy atom. The van der Waals surface area contributed by atoms with Crippen molar-refractivity contribution in [2.75, 3.05) is 11.1 Å². The first kappa shape index (κ1) is 14.5. The molecular weight excluding hydrogens is 330 g/mol. The van der Waals surface area contributed by atoms with Crippen LogP contribution in [0.2, 0.25) is 0 Å². The van der Waals surface area contributed by atoms with Gasteiger partial charge in [0, 0.05) is 11.8 Å². The molecule has 2 aromatic rings. The molecule has 6 heteroatoms. The molecule has 1 amide bonds. The molecule has 0 fully saturated rings. The number of anilines is 2. The van der Waals surface area contributed by atoms with Gasteiger partial charge in [0.15, 0.2) is 0 Å². The smallest absolute Gasteiger partial charge is 0.228 e. The van der Waals surface area contributed by atoms with E-state index in [1.807, 2.05) is 0 Å². The first-order valence-corrected chi connectivity index (χ1v) is 6.54. The Bertz CT molecular complexity index is 662. The molecule has 0 unspecified atom stereocenters. The maximum absolute atomic E-state index is 13.5. The highest BCUT2D eigenvalue weighted by Gasteiger charge is 2.12. The van der Waals surface area contributed by atoms with Gasteiger partial charge in [-0.3, -0.25) is 4.79 Å². The molecule has 0 saturated heterocycles. The number of nitrogens with one attached hydrogen (secondary N) is 1. The number of nitrogen functional groups attached to an aromatic ring is 1. The first-order valence-electron chi connectivity index (χ1n) is 5.75. The summed E-state index contributed by atoms with van der Waals surface area (Å²) >= 11 is 2.94. The number of hydrogen-bond acceptors (Lipinski definition) is 2. The molecule has 0 spiro atoms. The van der Waals surface area contributed by atoms with Crippen LogP contribution < -0.4 is 11.1 Å². The Kier molecular flexibility index (Phi) is 4.34. The zero-order valence-corrected chi connectivity index (χ0v) is 11.9. The molecule has 0 aliphatic heterocycles. The number of hydrogen-bond donors (Lipinski definition) is 2. The fourth-order valence-electron chi connectivity index (χ4n) is 1.68. The van der Waals surface area contributed by atoms with E-state index in [4.69, 9.17) is 5.73 Å². The summed E-state index contributed by atoms with van der Waals surface area (Å²) in [6, 6.07) is 8.79. The highest BCUT2D eigenvalue weighted by atomic mass is 79.9. The molecule has 0 atom stereocenters. The standard InChI is InChI=1S/C14H11BrF2N2O/c15-9-6-13(11(17)7-10(9)16)19-14(20)5-8-3-1-2-4-12(8)18/h1-4,6-7H,5,18H2,(H,19,20). The van der Waals surface area contributed by atoms with Gasteiger partial charge in [-0.05, 0) is 33.6 Å². The maximum atomic E-state index is 13.5. The predicted molar refractivity (Wildman–Crippen MR) is 77.2 cm³/mol. The van der Waals surface area contributed by atoms with Gasteiger partial charge in [-0.15, -0.1) is 0 Å². The van der Waals surface area contributed by atoms with Crippen LogP contribution in [0.4, 0.5) is 20.2 Å². The normalized spacial score (nSPS) is 10.3. The molecule has 104 valence electrons. The first-order chi connectivity index (χ1) is 9.47. The van der Waals surface area contributed by atoms with Crippen molar-refractivity contribution in [1.29, 1.82) is 0 Å². The van der Waals surface area contributed by atoms with E-state index in [2.05, 4.69) is 21.2 Å². The Labute approximate surface area is 122 Å². The van der Waals surface area contributed by atoms with Crippen LogP contribution in [-0.4, -0.2) is 5.91 Å². The van der Waals surface area contributed by atoms with Gasteiger partial charge in [0.05, 0.1) is 16.6 Å². The Hall–Kier alpha value is -1.95. The molecular formula is C14H11BrF2N2O. The summed E-state index contributed by atoms with van der Waals surface area (Å²) in [5.74, 6) is -1.99. The van der Waals surface area contributed by atoms with Gasteiger partial charge < -0.3 is 11.1 Å². The van der Waals surface area contributed by atoms with E-state index in [-0.39, 0.29) is 16.6 Å². The van der Waals surface area contributed by atoms with Crippen molar-refractivity contribution in [2.45, 2.75) is 6.42 Å². The highest BCUT2D eigenvalue weighted by Crippen LogP contribution is 2.24. The largest absolute Gasteiger partial charge is 0.398 e. The molecule has 2 rings (SSSR count). The van der Waals surface area contributed by atoms with Crippen LogP contribution in [0.3, 0.4) is 0 Å². The summed E-state index contributed by atoms with van der Waals surface area (Å²) in [5, 5.41) is 2.39. The van der Waals surface area contributed by atoms with Crippen LogP contribution in [-0.2, 0) is 11.2 Å². The van der Waals surface area contributed by atoms with Crippen molar-refractivity contribution in [1.82, 2.24) is 0 Å². The third-order valence-corrected chi connectivity index (χ3v) is 3.30. The van der Waals surface area contributed by atoms with Gasteiger partial charge in [-0.25, -0.2) is 8.78 Å². The molecule has 2 aromatic carbocycles. The second-order valence-corrected chi connectivity index (χ2v) is 5.02. The summed E-state index contributed by atoms with van der Waals surface area (Å²) in [7, 11) is 0. The van der Waals surface area contributed by atoms with Crippen LogP contribution >= 0.6 is 15.9 Å². The molecule has 0 radical (unpaired) electrons. The molecule has 0 aromatic heterocycles. The zero-order valence-electron chi connectivity index (χ0n) is 10.3. The minimum absolute atomic E-state index is 0.0150. The molecule has 3 nitrogen and oxygen atoms in total. The monoisotopic (exact) mass is 340 g/mol. The number of para-hydroxylation sites is 1. The van der Waals surface area contributed by atoms with Gasteiger partial charge in [0.1, 0.15) is 11.6 Å². The lowest BCUT2D eigenvalue weighted by molar-refractivity contribution is -0.115. The van der Waals surface area contributed by atoms with Crippen LogP contribution in [0.5, 0.6) is 0 Å². The molecule has 3 N–H and O–H groups in total. The third-order valence-electron chi connectivity index (χ3n) is 2.69. The minimum Gasteiger partial charge on any atom is -0.398 e. The van der Waals surface area contributed by atoms with Gasteiger partial charge >= 0.3 is 0 Å². The fourth-order valence-corrected chi connectivity index (χ4v) is 2.02. The molecule has 0 heterocycles. The zero-order chi connectivity index (χ0) is 14.7. The lowest BCUT2D eigenvalue weighted by Crippen LogP contribution is -2.16. The van der Waals surface area contributed by atoms with E-state index in [1.54, 1.807) is 24.3 Å². The highest BCUT2D eigenvalue weighted by molar-refractivity contribution is 9.10. The quantitative estimate of drug-likeness (QED) is 0.663. The van der Waals surface area contributed by atoms with E-state index in [0.29, 0.717) is 17.3 Å². The summed E-state index contributed by atoms with van der Waals surface area (Å²) in [6.07, 6.45) is 0.0150. The van der Waals surface area contributed by atoms with Gasteiger partial charge in [-0.1, -0.05) is 18.2 Å². The average molecular weight is 341 g/mol. The lowest BCUT2D eigenvalue weighted by Gasteiger charge is -2.09. The van der Waals surface area contributed by atoms with E-state index < -0.39 is 17.5 Å². The molecule has 20 heavy (non-hydrogen) atoms. The second kappa shape index (κ2) is 6.00. The van der Waals surface area contributed by atoms with Crippen LogP contribution in [0.1, 0.15) is 5.56 Å². The van der Waals surface area contributed by atoms with Crippen molar-refractivity contribution >= 4 is 33.2 Å². The number of rotatable bonds is 3.